The number of carbonyl (C=O) groups is 1. The van der Waals surface area contributed by atoms with Gasteiger partial charge < -0.3 is 9.64 Å². The number of hydrogen-bond donors (Lipinski definition) is 0. The zero-order chi connectivity index (χ0) is 18.5. The molecule has 1 fully saturated rings. The molecule has 136 valence electrons. The Morgan fingerprint density at radius 3 is 2.96 bits per heavy atom. The zero-order valence-corrected chi connectivity index (χ0v) is 14.5. The van der Waals surface area contributed by atoms with Gasteiger partial charge in [0.25, 0.3) is 5.69 Å². The second-order valence-electron chi connectivity index (χ2n) is 6.23. The molecule has 1 amide bonds. The van der Waals surface area contributed by atoms with Crippen molar-refractivity contribution in [3.63, 3.8) is 0 Å². The van der Waals surface area contributed by atoms with E-state index in [0.717, 1.165) is 12.8 Å². The monoisotopic (exact) mass is 356 g/mol. The SMILES string of the molecule is Cc1nccc(OC2CCCN(C(=O)Cc3ccccc3[N+](=O)[O-])C2)n1. The van der Waals surface area contributed by atoms with Crippen LogP contribution in [0.2, 0.25) is 0 Å². The van der Waals surface area contributed by atoms with E-state index in [1.165, 1.54) is 6.07 Å². The van der Waals surface area contributed by atoms with Gasteiger partial charge in [-0.25, -0.2) is 4.98 Å². The first-order valence-electron chi connectivity index (χ1n) is 8.49. The Bertz CT molecular complexity index is 811. The lowest BCUT2D eigenvalue weighted by Crippen LogP contribution is -2.45. The summed E-state index contributed by atoms with van der Waals surface area (Å²) < 4.78 is 5.88. The number of nitro groups is 1. The summed E-state index contributed by atoms with van der Waals surface area (Å²) in [6.07, 6.45) is 3.15. The molecule has 1 saturated heterocycles. The standard InChI is InChI=1S/C18H20N4O4/c1-13-19-9-8-17(20-13)26-15-6-4-10-21(12-15)18(23)11-14-5-2-3-7-16(14)22(24)25/h2-3,5,7-9,15H,4,6,10-12H2,1H3. The number of hydrogen-bond acceptors (Lipinski definition) is 6. The van der Waals surface area contributed by atoms with Crippen molar-refractivity contribution in [1.82, 2.24) is 14.9 Å². The summed E-state index contributed by atoms with van der Waals surface area (Å²) in [5.74, 6) is 0.990. The first-order chi connectivity index (χ1) is 12.5. The van der Waals surface area contributed by atoms with Crippen molar-refractivity contribution in [1.29, 1.82) is 0 Å². The van der Waals surface area contributed by atoms with Gasteiger partial charge in [-0.3, -0.25) is 14.9 Å². The minimum atomic E-state index is -0.456. The van der Waals surface area contributed by atoms with E-state index in [1.807, 2.05) is 0 Å². The number of amides is 1. The van der Waals surface area contributed by atoms with Gasteiger partial charge in [0.05, 0.1) is 17.9 Å². The lowest BCUT2D eigenvalue weighted by atomic mass is 10.1. The van der Waals surface area contributed by atoms with E-state index in [1.54, 1.807) is 42.3 Å². The fraction of sp³-hybridized carbons (Fsp3) is 0.389. The van der Waals surface area contributed by atoms with E-state index in [0.29, 0.717) is 30.4 Å². The van der Waals surface area contributed by atoms with E-state index in [9.17, 15) is 14.9 Å². The average Bonchev–Trinajstić information content (AvgIpc) is 2.62. The van der Waals surface area contributed by atoms with Gasteiger partial charge in [-0.2, -0.15) is 4.98 Å². The Morgan fingerprint density at radius 1 is 1.38 bits per heavy atom. The van der Waals surface area contributed by atoms with E-state index < -0.39 is 4.92 Å². The number of para-hydroxylation sites is 1. The number of likely N-dealkylation sites (tertiary alicyclic amines) is 1. The minimum absolute atomic E-state index is 0.0104. The molecule has 0 aliphatic carbocycles. The first kappa shape index (κ1) is 17.8. The van der Waals surface area contributed by atoms with Crippen LogP contribution in [0.3, 0.4) is 0 Å². The molecule has 1 aromatic heterocycles. The van der Waals surface area contributed by atoms with Gasteiger partial charge in [-0.15, -0.1) is 0 Å². The maximum atomic E-state index is 12.6. The van der Waals surface area contributed by atoms with Crippen LogP contribution in [0.15, 0.2) is 36.5 Å². The fourth-order valence-corrected chi connectivity index (χ4v) is 3.04. The molecule has 1 aliphatic rings. The highest BCUT2D eigenvalue weighted by Crippen LogP contribution is 2.21. The molecule has 0 radical (unpaired) electrons. The highest BCUT2D eigenvalue weighted by atomic mass is 16.6. The predicted octanol–water partition coefficient (Wildman–Crippen LogP) is 2.31. The molecule has 0 saturated carbocycles. The van der Waals surface area contributed by atoms with Gasteiger partial charge >= 0.3 is 0 Å². The molecule has 2 aromatic rings. The molecule has 3 rings (SSSR count). The molecule has 0 spiro atoms. The molecule has 1 atom stereocenters. The van der Waals surface area contributed by atoms with Crippen LogP contribution in [0.4, 0.5) is 5.69 Å². The molecule has 8 nitrogen and oxygen atoms in total. The van der Waals surface area contributed by atoms with Crippen molar-refractivity contribution in [3.05, 3.63) is 58.0 Å². The Hall–Kier alpha value is -3.03. The Balaban J connectivity index is 1.64. The highest BCUT2D eigenvalue weighted by molar-refractivity contribution is 5.80. The first-order valence-corrected chi connectivity index (χ1v) is 8.49. The third-order valence-corrected chi connectivity index (χ3v) is 4.30. The Morgan fingerprint density at radius 2 is 2.19 bits per heavy atom. The van der Waals surface area contributed by atoms with Crippen molar-refractivity contribution in [2.75, 3.05) is 13.1 Å². The smallest absolute Gasteiger partial charge is 0.273 e. The molecular weight excluding hydrogens is 336 g/mol. The average molecular weight is 356 g/mol. The molecule has 0 N–H and O–H groups in total. The minimum Gasteiger partial charge on any atom is -0.472 e. The van der Waals surface area contributed by atoms with Gasteiger partial charge in [0.2, 0.25) is 11.8 Å². The van der Waals surface area contributed by atoms with Crippen LogP contribution in [-0.2, 0) is 11.2 Å². The summed E-state index contributed by atoms with van der Waals surface area (Å²) in [7, 11) is 0. The van der Waals surface area contributed by atoms with Gasteiger partial charge in [0.1, 0.15) is 11.9 Å². The molecule has 8 heteroatoms. The highest BCUT2D eigenvalue weighted by Gasteiger charge is 2.26. The zero-order valence-electron chi connectivity index (χ0n) is 14.5. The molecule has 0 bridgehead atoms. The van der Waals surface area contributed by atoms with Crippen LogP contribution >= 0.6 is 0 Å². The molecule has 1 unspecified atom stereocenters. The van der Waals surface area contributed by atoms with Crippen LogP contribution in [0, 0.1) is 17.0 Å². The molecule has 1 aliphatic heterocycles. The van der Waals surface area contributed by atoms with Gasteiger partial charge in [-0.1, -0.05) is 18.2 Å². The maximum Gasteiger partial charge on any atom is 0.273 e. The molecular formula is C18H20N4O4. The number of rotatable bonds is 5. The number of nitrogens with zero attached hydrogens (tertiary/aromatic N) is 4. The number of ether oxygens (including phenoxy) is 1. The topological polar surface area (TPSA) is 98.5 Å². The Kier molecular flexibility index (Phi) is 5.40. The summed E-state index contributed by atoms with van der Waals surface area (Å²) in [5, 5.41) is 11.1. The number of carbonyl (C=O) groups excluding carboxylic acids is 1. The second-order valence-corrected chi connectivity index (χ2v) is 6.23. The van der Waals surface area contributed by atoms with E-state index in [4.69, 9.17) is 4.74 Å². The summed E-state index contributed by atoms with van der Waals surface area (Å²) in [6.45, 7) is 2.86. The summed E-state index contributed by atoms with van der Waals surface area (Å²) in [6, 6.07) is 8.04. The van der Waals surface area contributed by atoms with Crippen molar-refractivity contribution in [2.24, 2.45) is 0 Å². The number of nitro benzene ring substituents is 1. The maximum absolute atomic E-state index is 12.6. The molecule has 26 heavy (non-hydrogen) atoms. The summed E-state index contributed by atoms with van der Waals surface area (Å²) >= 11 is 0. The van der Waals surface area contributed by atoms with Crippen LogP contribution in [0.1, 0.15) is 24.2 Å². The quantitative estimate of drug-likeness (QED) is 0.602. The van der Waals surface area contributed by atoms with Crippen LogP contribution in [0.5, 0.6) is 5.88 Å². The normalized spacial score (nSPS) is 17.0. The van der Waals surface area contributed by atoms with Crippen LogP contribution in [0.25, 0.3) is 0 Å². The lowest BCUT2D eigenvalue weighted by Gasteiger charge is -2.32. The van der Waals surface area contributed by atoms with Gasteiger partial charge in [-0.05, 0) is 19.8 Å². The van der Waals surface area contributed by atoms with Crippen molar-refractivity contribution in [2.45, 2.75) is 32.3 Å². The third kappa shape index (κ3) is 4.33. The predicted molar refractivity (Wildman–Crippen MR) is 93.8 cm³/mol. The summed E-state index contributed by atoms with van der Waals surface area (Å²) in [4.78, 5) is 33.2. The largest absolute Gasteiger partial charge is 0.472 e. The van der Waals surface area contributed by atoms with E-state index >= 15 is 0 Å². The van der Waals surface area contributed by atoms with Crippen LogP contribution < -0.4 is 4.74 Å². The Labute approximate surface area is 151 Å². The number of aromatic nitrogens is 2. The van der Waals surface area contributed by atoms with Crippen molar-refractivity contribution < 1.29 is 14.5 Å². The van der Waals surface area contributed by atoms with E-state index in [2.05, 4.69) is 9.97 Å². The van der Waals surface area contributed by atoms with Crippen molar-refractivity contribution in [3.8, 4) is 5.88 Å². The fourth-order valence-electron chi connectivity index (χ4n) is 3.04. The second kappa shape index (κ2) is 7.90. The number of piperidine rings is 1. The van der Waals surface area contributed by atoms with Crippen molar-refractivity contribution >= 4 is 11.6 Å². The van der Waals surface area contributed by atoms with E-state index in [-0.39, 0.29) is 24.1 Å². The van der Waals surface area contributed by atoms with Gasteiger partial charge in [0, 0.05) is 30.4 Å². The third-order valence-electron chi connectivity index (χ3n) is 4.30. The summed E-state index contributed by atoms with van der Waals surface area (Å²) in [5.41, 5.74) is 0.402. The van der Waals surface area contributed by atoms with Gasteiger partial charge in [0.15, 0.2) is 0 Å². The number of aryl methyl sites for hydroxylation is 1. The van der Waals surface area contributed by atoms with Crippen LogP contribution in [-0.4, -0.2) is 44.9 Å². The number of benzene rings is 1. The molecule has 2 heterocycles. The molecule has 1 aromatic carbocycles. The lowest BCUT2D eigenvalue weighted by molar-refractivity contribution is -0.385.